The van der Waals surface area contributed by atoms with Crippen LogP contribution in [0.3, 0.4) is 0 Å². The van der Waals surface area contributed by atoms with Gasteiger partial charge in [0.25, 0.3) is 5.91 Å². The molecule has 0 aliphatic heterocycles. The molecule has 1 saturated carbocycles. The Morgan fingerprint density at radius 2 is 1.58 bits per heavy atom. The summed E-state index contributed by atoms with van der Waals surface area (Å²) in [6.45, 7) is 0. The number of carboxylic acids is 1. The molecule has 1 heterocycles. The second-order valence-corrected chi connectivity index (χ2v) is 9.52. The normalized spacial score (nSPS) is 20.9. The maximum absolute atomic E-state index is 13.3. The lowest BCUT2D eigenvalue weighted by molar-refractivity contribution is -0.147. The molecule has 0 radical (unpaired) electrons. The van der Waals surface area contributed by atoms with E-state index in [1.54, 1.807) is 0 Å². The van der Waals surface area contributed by atoms with Crippen LogP contribution in [0.5, 0.6) is 0 Å². The van der Waals surface area contributed by atoms with Crippen molar-refractivity contribution in [1.29, 1.82) is 0 Å². The Labute approximate surface area is 186 Å². The average molecular weight is 441 g/mol. The van der Waals surface area contributed by atoms with Gasteiger partial charge in [0, 0.05) is 10.6 Å². The van der Waals surface area contributed by atoms with Crippen molar-refractivity contribution in [3.63, 3.8) is 0 Å². The van der Waals surface area contributed by atoms with Crippen LogP contribution in [-0.2, 0) is 22.4 Å². The zero-order chi connectivity index (χ0) is 21.8. The highest BCUT2D eigenvalue weighted by Crippen LogP contribution is 2.39. The van der Waals surface area contributed by atoms with E-state index in [0.717, 1.165) is 55.4 Å². The highest BCUT2D eigenvalue weighted by Gasteiger charge is 2.37. The first kappa shape index (κ1) is 21.6. The first-order valence-electron chi connectivity index (χ1n) is 11.1. The molecule has 1 aromatic heterocycles. The molecule has 164 valence electrons. The number of aliphatic carboxylic acids is 1. The molecular formula is C24H28N2O4S. The maximum atomic E-state index is 13.3. The monoisotopic (exact) mass is 440 g/mol. The third-order valence-electron chi connectivity index (χ3n) is 6.34. The lowest BCUT2D eigenvalue weighted by Crippen LogP contribution is -2.36. The van der Waals surface area contributed by atoms with Gasteiger partial charge in [-0.15, -0.1) is 11.3 Å². The van der Waals surface area contributed by atoms with Gasteiger partial charge in [0.2, 0.25) is 5.91 Å². The van der Waals surface area contributed by atoms with E-state index in [-0.39, 0.29) is 11.8 Å². The molecule has 0 saturated heterocycles. The van der Waals surface area contributed by atoms with Crippen molar-refractivity contribution in [3.05, 3.63) is 46.3 Å². The fraction of sp³-hybridized carbons (Fsp3) is 0.458. The van der Waals surface area contributed by atoms with Crippen LogP contribution in [0, 0.1) is 11.8 Å². The van der Waals surface area contributed by atoms with Crippen LogP contribution in [-0.4, -0.2) is 22.9 Å². The molecular weight excluding hydrogens is 412 g/mol. The third-order valence-corrected chi connectivity index (χ3v) is 7.54. The number of carbonyl (C=O) groups is 3. The molecule has 2 aliphatic rings. The first-order valence-corrected chi connectivity index (χ1v) is 11.9. The van der Waals surface area contributed by atoms with E-state index in [9.17, 15) is 19.5 Å². The minimum atomic E-state index is -0.913. The average Bonchev–Trinajstić information content (AvgIpc) is 2.94. The van der Waals surface area contributed by atoms with Crippen LogP contribution in [0.15, 0.2) is 30.3 Å². The minimum absolute atomic E-state index is 0.223. The van der Waals surface area contributed by atoms with Crippen molar-refractivity contribution >= 4 is 39.8 Å². The number of carbonyl (C=O) groups excluding carboxylic acids is 2. The summed E-state index contributed by atoms with van der Waals surface area (Å²) >= 11 is 1.48. The number of para-hydroxylation sites is 1. The Kier molecular flexibility index (Phi) is 6.70. The summed E-state index contributed by atoms with van der Waals surface area (Å²) in [5.41, 5.74) is 2.28. The van der Waals surface area contributed by atoms with Gasteiger partial charge in [0.15, 0.2) is 0 Å². The highest BCUT2D eigenvalue weighted by atomic mass is 32.1. The molecule has 4 rings (SSSR count). The number of fused-ring (bicyclic) bond motifs is 1. The van der Waals surface area contributed by atoms with E-state index < -0.39 is 17.8 Å². The predicted octanol–water partition coefficient (Wildman–Crippen LogP) is 5.10. The van der Waals surface area contributed by atoms with Gasteiger partial charge in [0.05, 0.1) is 17.4 Å². The number of aryl methyl sites for hydroxylation is 1. The molecule has 7 heteroatoms. The Bertz CT molecular complexity index is 969. The lowest BCUT2D eigenvalue weighted by Gasteiger charge is -2.27. The molecule has 2 amide bonds. The zero-order valence-corrected chi connectivity index (χ0v) is 18.3. The standard InChI is InChI=1S/C24H28N2O4S/c27-21(16-11-7-8-12-17(16)24(29)30)26-23-20(18-13-5-2-6-14-19(18)31-23)22(28)25-15-9-3-1-4-10-15/h1,3-4,9-10,16-17H,2,5-8,11-14H2,(H,25,28)(H,26,27)(H,29,30)/t16-,17-/m1/s1. The Balaban J connectivity index is 1.63. The van der Waals surface area contributed by atoms with Gasteiger partial charge < -0.3 is 15.7 Å². The van der Waals surface area contributed by atoms with E-state index in [1.165, 1.54) is 11.3 Å². The van der Waals surface area contributed by atoms with E-state index in [1.807, 2.05) is 30.3 Å². The summed E-state index contributed by atoms with van der Waals surface area (Å²) in [4.78, 5) is 39.2. The van der Waals surface area contributed by atoms with Gasteiger partial charge in [-0.05, 0) is 56.2 Å². The predicted molar refractivity (Wildman–Crippen MR) is 122 cm³/mol. The Hall–Kier alpha value is -2.67. The van der Waals surface area contributed by atoms with Crippen molar-refractivity contribution in [2.24, 2.45) is 11.8 Å². The number of anilines is 2. The van der Waals surface area contributed by atoms with Crippen LogP contribution in [0.25, 0.3) is 0 Å². The van der Waals surface area contributed by atoms with Crippen molar-refractivity contribution in [2.75, 3.05) is 10.6 Å². The lowest BCUT2D eigenvalue weighted by atomic mass is 9.78. The Morgan fingerprint density at radius 1 is 0.871 bits per heavy atom. The smallest absolute Gasteiger partial charge is 0.307 e. The number of thiophene rings is 1. The quantitative estimate of drug-likeness (QED) is 0.564. The molecule has 31 heavy (non-hydrogen) atoms. The number of amides is 2. The summed E-state index contributed by atoms with van der Waals surface area (Å²) in [5, 5.41) is 16.0. The van der Waals surface area contributed by atoms with Gasteiger partial charge in [-0.2, -0.15) is 0 Å². The fourth-order valence-corrected chi connectivity index (χ4v) is 6.02. The number of rotatable bonds is 5. The van der Waals surface area contributed by atoms with Crippen molar-refractivity contribution in [1.82, 2.24) is 0 Å². The van der Waals surface area contributed by atoms with Gasteiger partial charge >= 0.3 is 5.97 Å². The molecule has 2 atom stereocenters. The molecule has 0 spiro atoms. The summed E-state index contributed by atoms with van der Waals surface area (Å²) in [6.07, 6.45) is 7.73. The molecule has 1 fully saturated rings. The molecule has 3 N–H and O–H groups in total. The van der Waals surface area contributed by atoms with E-state index >= 15 is 0 Å². The minimum Gasteiger partial charge on any atom is -0.481 e. The third kappa shape index (κ3) is 4.82. The maximum Gasteiger partial charge on any atom is 0.307 e. The van der Waals surface area contributed by atoms with Gasteiger partial charge in [-0.25, -0.2) is 0 Å². The molecule has 0 unspecified atom stereocenters. The topological polar surface area (TPSA) is 95.5 Å². The number of nitrogens with one attached hydrogen (secondary N) is 2. The van der Waals surface area contributed by atoms with E-state index in [0.29, 0.717) is 29.1 Å². The number of hydrogen-bond acceptors (Lipinski definition) is 4. The number of hydrogen-bond donors (Lipinski definition) is 3. The Morgan fingerprint density at radius 3 is 2.32 bits per heavy atom. The molecule has 1 aromatic carbocycles. The van der Waals surface area contributed by atoms with Crippen molar-refractivity contribution in [2.45, 2.75) is 57.8 Å². The molecule has 0 bridgehead atoms. The van der Waals surface area contributed by atoms with Crippen LogP contribution < -0.4 is 10.6 Å². The van der Waals surface area contributed by atoms with Crippen LogP contribution in [0.4, 0.5) is 10.7 Å². The summed E-state index contributed by atoms with van der Waals surface area (Å²) < 4.78 is 0. The zero-order valence-electron chi connectivity index (χ0n) is 17.5. The second kappa shape index (κ2) is 9.64. The largest absolute Gasteiger partial charge is 0.481 e. The van der Waals surface area contributed by atoms with Crippen LogP contribution in [0.1, 0.15) is 65.7 Å². The second-order valence-electron chi connectivity index (χ2n) is 8.41. The van der Waals surface area contributed by atoms with Crippen molar-refractivity contribution < 1.29 is 19.5 Å². The van der Waals surface area contributed by atoms with Gasteiger partial charge in [0.1, 0.15) is 5.00 Å². The van der Waals surface area contributed by atoms with E-state index in [2.05, 4.69) is 10.6 Å². The summed E-state index contributed by atoms with van der Waals surface area (Å²) in [7, 11) is 0. The van der Waals surface area contributed by atoms with E-state index in [4.69, 9.17) is 0 Å². The summed E-state index contributed by atoms with van der Waals surface area (Å²) in [5.74, 6) is -2.63. The highest BCUT2D eigenvalue weighted by molar-refractivity contribution is 7.17. The summed E-state index contributed by atoms with van der Waals surface area (Å²) in [6, 6.07) is 9.28. The molecule has 2 aromatic rings. The van der Waals surface area contributed by atoms with Crippen molar-refractivity contribution in [3.8, 4) is 0 Å². The number of benzene rings is 1. The SMILES string of the molecule is O=C(Nc1ccccc1)c1c(NC(=O)[C@@H]2CCCC[C@H]2C(=O)O)sc2c1CCCCC2. The molecule has 2 aliphatic carbocycles. The van der Waals surface area contributed by atoms with Gasteiger partial charge in [-0.1, -0.05) is 37.5 Å². The molecule has 6 nitrogen and oxygen atoms in total. The first-order chi connectivity index (χ1) is 15.0. The van der Waals surface area contributed by atoms with Gasteiger partial charge in [-0.3, -0.25) is 14.4 Å². The van der Waals surface area contributed by atoms with Crippen LogP contribution in [0.2, 0.25) is 0 Å². The van der Waals surface area contributed by atoms with Crippen LogP contribution >= 0.6 is 11.3 Å². The fourth-order valence-electron chi connectivity index (χ4n) is 4.73. The number of carboxylic acid groups (broad SMARTS) is 1.